The highest BCUT2D eigenvalue weighted by Gasteiger charge is 2.53. The number of carbonyl (C=O) groups excluding carboxylic acids is 1. The summed E-state index contributed by atoms with van der Waals surface area (Å²) in [7, 11) is 1.58. The Kier molecular flexibility index (Phi) is 8.04. The molecule has 3 N–H and O–H groups in total. The van der Waals surface area contributed by atoms with E-state index in [4.69, 9.17) is 25.1 Å². The maximum atomic E-state index is 13.2. The second-order valence-corrected chi connectivity index (χ2v) is 7.23. The number of nitrogens with zero attached hydrogens (tertiary/aromatic N) is 4. The molecule has 0 unspecified atom stereocenters. The summed E-state index contributed by atoms with van der Waals surface area (Å²) in [4.78, 5) is 20.9. The number of nitrogens with one attached hydrogen (secondary N) is 2. The van der Waals surface area contributed by atoms with Crippen LogP contribution in [0.5, 0.6) is 5.75 Å². The molecule has 2 aromatic rings. The molecule has 2 atom stereocenters. The Labute approximate surface area is 191 Å². The van der Waals surface area contributed by atoms with Crippen molar-refractivity contribution < 1.29 is 19.4 Å². The van der Waals surface area contributed by atoms with E-state index in [1.54, 1.807) is 61.7 Å². The molecule has 3 rings (SSSR count). The highest BCUT2D eigenvalue weighted by Crippen LogP contribution is 2.45. The summed E-state index contributed by atoms with van der Waals surface area (Å²) in [6.07, 6.45) is 1.46. The lowest BCUT2D eigenvalue weighted by Gasteiger charge is -2.30. The molecule has 0 aliphatic carbocycles. The zero-order valence-electron chi connectivity index (χ0n) is 18.3. The van der Waals surface area contributed by atoms with Crippen LogP contribution in [0.4, 0.5) is 5.69 Å². The van der Waals surface area contributed by atoms with E-state index >= 15 is 0 Å². The third-order valence-electron chi connectivity index (χ3n) is 5.10. The standard InChI is InChI=1S/C23H26N6O4/c1-3-13-23(22(31)28-25-2)20(18-7-4-5-8-19(18)27-29-24)33-21(26-23)16-9-11-17(12-10-16)32-15-6-14-30/h3-5,7-12,20,25,30H,1,6,13-15H2,2H3,(H,28,31)/t20-,23-/m0/s1. The average Bonchev–Trinajstić information content (AvgIpc) is 3.21. The molecule has 0 aromatic heterocycles. The van der Waals surface area contributed by atoms with Crippen LogP contribution in [-0.4, -0.2) is 42.7 Å². The minimum Gasteiger partial charge on any atom is -0.494 e. The molecule has 1 aliphatic rings. The smallest absolute Gasteiger partial charge is 0.266 e. The van der Waals surface area contributed by atoms with Gasteiger partial charge in [-0.2, -0.15) is 0 Å². The van der Waals surface area contributed by atoms with Crippen LogP contribution in [0.2, 0.25) is 0 Å². The second kappa shape index (κ2) is 11.1. The van der Waals surface area contributed by atoms with Crippen molar-refractivity contribution in [1.29, 1.82) is 0 Å². The molecule has 0 radical (unpaired) electrons. The number of benzene rings is 2. The molecule has 0 spiro atoms. The fraction of sp³-hybridized carbons (Fsp3) is 0.304. The predicted octanol–water partition coefficient (Wildman–Crippen LogP) is 3.47. The number of aliphatic hydroxyl groups is 1. The molecule has 33 heavy (non-hydrogen) atoms. The highest BCUT2D eigenvalue weighted by molar-refractivity contribution is 6.01. The van der Waals surface area contributed by atoms with Crippen LogP contribution in [0.15, 0.2) is 71.3 Å². The third-order valence-corrected chi connectivity index (χ3v) is 5.10. The van der Waals surface area contributed by atoms with Crippen LogP contribution < -0.4 is 15.6 Å². The third kappa shape index (κ3) is 5.15. The van der Waals surface area contributed by atoms with Gasteiger partial charge in [0.05, 0.1) is 6.61 Å². The van der Waals surface area contributed by atoms with Gasteiger partial charge >= 0.3 is 0 Å². The lowest BCUT2D eigenvalue weighted by molar-refractivity contribution is -0.129. The number of hydrogen-bond donors (Lipinski definition) is 3. The molecular formula is C23H26N6O4. The van der Waals surface area contributed by atoms with Gasteiger partial charge in [-0.15, -0.1) is 6.58 Å². The van der Waals surface area contributed by atoms with Crippen molar-refractivity contribution in [3.05, 3.63) is 82.8 Å². The first-order chi connectivity index (χ1) is 16.1. The zero-order chi connectivity index (χ0) is 23.7. The Morgan fingerprint density at radius 3 is 2.79 bits per heavy atom. The number of aliphatic imine (C=N–C) groups is 1. The number of ether oxygens (including phenoxy) is 2. The molecule has 2 aromatic carbocycles. The van der Waals surface area contributed by atoms with Crippen LogP contribution in [0, 0.1) is 0 Å². The summed E-state index contributed by atoms with van der Waals surface area (Å²) >= 11 is 0. The van der Waals surface area contributed by atoms with Crippen molar-refractivity contribution in [2.24, 2.45) is 10.1 Å². The summed E-state index contributed by atoms with van der Waals surface area (Å²) in [5.74, 6) is 0.497. The van der Waals surface area contributed by atoms with E-state index in [1.807, 2.05) is 0 Å². The minimum absolute atomic E-state index is 0.0570. The second-order valence-electron chi connectivity index (χ2n) is 7.23. The van der Waals surface area contributed by atoms with Gasteiger partial charge in [0.25, 0.3) is 5.91 Å². The number of hydrazine groups is 1. The van der Waals surface area contributed by atoms with E-state index in [-0.39, 0.29) is 18.9 Å². The molecule has 10 nitrogen and oxygen atoms in total. The number of azide groups is 1. The molecule has 0 saturated carbocycles. The van der Waals surface area contributed by atoms with Crippen LogP contribution in [0.1, 0.15) is 30.1 Å². The Morgan fingerprint density at radius 2 is 2.12 bits per heavy atom. The molecule has 1 aliphatic heterocycles. The number of hydrogen-bond acceptors (Lipinski definition) is 7. The van der Waals surface area contributed by atoms with Gasteiger partial charge in [0.2, 0.25) is 5.90 Å². The van der Waals surface area contributed by atoms with Gasteiger partial charge in [0.1, 0.15) is 5.75 Å². The predicted molar refractivity (Wildman–Crippen MR) is 124 cm³/mol. The lowest BCUT2D eigenvalue weighted by Crippen LogP contribution is -2.51. The van der Waals surface area contributed by atoms with Crippen molar-refractivity contribution in [3.63, 3.8) is 0 Å². The van der Waals surface area contributed by atoms with E-state index < -0.39 is 17.6 Å². The molecule has 1 heterocycles. The van der Waals surface area contributed by atoms with Crippen LogP contribution >= 0.6 is 0 Å². The highest BCUT2D eigenvalue weighted by atomic mass is 16.5. The Morgan fingerprint density at radius 1 is 1.36 bits per heavy atom. The first-order valence-corrected chi connectivity index (χ1v) is 10.4. The van der Waals surface area contributed by atoms with Crippen molar-refractivity contribution in [3.8, 4) is 5.75 Å². The SMILES string of the molecule is C=CC[C@]1(C(=O)NNC)N=C(c2ccc(OCCCO)cc2)O[C@H]1c1ccccc1N=[N+]=[N-]. The van der Waals surface area contributed by atoms with E-state index in [1.165, 1.54) is 0 Å². The Hall–Kier alpha value is -3.85. The molecule has 0 saturated heterocycles. The number of amides is 1. The quantitative estimate of drug-likeness (QED) is 0.120. The number of aliphatic hydroxyl groups excluding tert-OH is 1. The maximum absolute atomic E-state index is 13.2. The van der Waals surface area contributed by atoms with Crippen molar-refractivity contribution in [2.45, 2.75) is 24.5 Å². The van der Waals surface area contributed by atoms with E-state index in [9.17, 15) is 4.79 Å². The molecule has 1 amide bonds. The number of carbonyl (C=O) groups is 1. The van der Waals surface area contributed by atoms with E-state index in [2.05, 4.69) is 27.5 Å². The van der Waals surface area contributed by atoms with Crippen molar-refractivity contribution >= 4 is 17.5 Å². The first-order valence-electron chi connectivity index (χ1n) is 10.4. The van der Waals surface area contributed by atoms with Gasteiger partial charge in [-0.05, 0) is 29.8 Å². The fourth-order valence-electron chi connectivity index (χ4n) is 3.58. The molecule has 0 fully saturated rings. The monoisotopic (exact) mass is 450 g/mol. The topological polar surface area (TPSA) is 141 Å². The van der Waals surface area contributed by atoms with Crippen LogP contribution in [-0.2, 0) is 9.53 Å². The van der Waals surface area contributed by atoms with Crippen LogP contribution in [0.25, 0.3) is 10.4 Å². The van der Waals surface area contributed by atoms with Crippen LogP contribution in [0.3, 0.4) is 0 Å². The number of rotatable bonds is 11. The zero-order valence-corrected chi connectivity index (χ0v) is 18.3. The molecular weight excluding hydrogens is 424 g/mol. The largest absolute Gasteiger partial charge is 0.494 e. The molecule has 10 heteroatoms. The Bertz CT molecular complexity index is 1060. The lowest BCUT2D eigenvalue weighted by atomic mass is 9.84. The van der Waals surface area contributed by atoms with Crippen molar-refractivity contribution in [1.82, 2.24) is 10.9 Å². The average molecular weight is 450 g/mol. The van der Waals surface area contributed by atoms with Gasteiger partial charge in [0, 0.05) is 48.2 Å². The molecule has 0 bridgehead atoms. The first kappa shape index (κ1) is 23.8. The summed E-state index contributed by atoms with van der Waals surface area (Å²) in [5.41, 5.74) is 14.4. The van der Waals surface area contributed by atoms with E-state index in [0.717, 1.165) is 0 Å². The maximum Gasteiger partial charge on any atom is 0.266 e. The van der Waals surface area contributed by atoms with E-state index in [0.29, 0.717) is 35.6 Å². The van der Waals surface area contributed by atoms with Gasteiger partial charge < -0.3 is 14.6 Å². The fourth-order valence-corrected chi connectivity index (χ4v) is 3.58. The van der Waals surface area contributed by atoms with Gasteiger partial charge in [-0.1, -0.05) is 35.5 Å². The van der Waals surface area contributed by atoms with Crippen molar-refractivity contribution in [2.75, 3.05) is 20.3 Å². The summed E-state index contributed by atoms with van der Waals surface area (Å²) in [6.45, 7) is 4.26. The van der Waals surface area contributed by atoms with Gasteiger partial charge in [-0.3, -0.25) is 10.2 Å². The minimum atomic E-state index is -1.38. The Balaban J connectivity index is 2.04. The summed E-state index contributed by atoms with van der Waals surface area (Å²) in [5, 5.41) is 12.7. The molecule has 172 valence electrons. The summed E-state index contributed by atoms with van der Waals surface area (Å²) in [6, 6.07) is 14.0. The van der Waals surface area contributed by atoms with Gasteiger partial charge in [-0.25, -0.2) is 10.4 Å². The normalized spacial score (nSPS) is 19.1. The summed E-state index contributed by atoms with van der Waals surface area (Å²) < 4.78 is 11.8. The van der Waals surface area contributed by atoms with Gasteiger partial charge in [0.15, 0.2) is 11.6 Å².